The van der Waals surface area contributed by atoms with Crippen molar-refractivity contribution in [1.82, 2.24) is 5.32 Å². The predicted molar refractivity (Wildman–Crippen MR) is 94.0 cm³/mol. The van der Waals surface area contributed by atoms with Crippen LogP contribution in [-0.4, -0.2) is 22.5 Å². The number of halogens is 1. The minimum atomic E-state index is -0.183. The van der Waals surface area contributed by atoms with Crippen molar-refractivity contribution in [2.45, 2.75) is 11.7 Å². The average Bonchev–Trinajstić information content (AvgIpc) is 3.12. The minimum Gasteiger partial charge on any atom is -0.303 e. The Kier molecular flexibility index (Phi) is 4.92. The second-order valence-corrected chi connectivity index (χ2v) is 7.20. The zero-order chi connectivity index (χ0) is 15.4. The van der Waals surface area contributed by atoms with E-state index in [1.54, 1.807) is 17.6 Å². The van der Waals surface area contributed by atoms with E-state index in [-0.39, 0.29) is 11.2 Å². The number of nitrogens with zero attached hydrogens (tertiary/aromatic N) is 2. The minimum absolute atomic E-state index is 0.0370. The third kappa shape index (κ3) is 3.97. The summed E-state index contributed by atoms with van der Waals surface area (Å²) in [6.45, 7) is 0. The SMILES string of the molecule is O=C1NC(=N/N=C\c2cccs2)S[C@@H]1Cc1ccc(Cl)cc1. The molecule has 7 heteroatoms. The number of hydrogen-bond acceptors (Lipinski definition) is 5. The number of rotatable bonds is 4. The molecule has 0 aliphatic carbocycles. The fourth-order valence-electron chi connectivity index (χ4n) is 1.92. The summed E-state index contributed by atoms with van der Waals surface area (Å²) in [7, 11) is 0. The maximum Gasteiger partial charge on any atom is 0.239 e. The molecule has 2 aromatic rings. The molecule has 1 saturated heterocycles. The summed E-state index contributed by atoms with van der Waals surface area (Å²) in [4.78, 5) is 13.0. The fraction of sp³-hybridized carbons (Fsp3) is 0.133. The average molecular weight is 350 g/mol. The molecule has 4 nitrogen and oxygen atoms in total. The van der Waals surface area contributed by atoms with Crippen LogP contribution < -0.4 is 5.32 Å². The predicted octanol–water partition coefficient (Wildman–Crippen LogP) is 3.57. The van der Waals surface area contributed by atoms with Gasteiger partial charge in [0.2, 0.25) is 5.91 Å². The lowest BCUT2D eigenvalue weighted by molar-refractivity contribution is -0.118. The monoisotopic (exact) mass is 349 g/mol. The van der Waals surface area contributed by atoms with Crippen LogP contribution >= 0.6 is 34.7 Å². The second-order valence-electron chi connectivity index (χ2n) is 4.59. The molecule has 1 aliphatic rings. The highest BCUT2D eigenvalue weighted by Gasteiger charge is 2.30. The Balaban J connectivity index is 1.61. The molecule has 22 heavy (non-hydrogen) atoms. The van der Waals surface area contributed by atoms with E-state index in [2.05, 4.69) is 15.5 Å². The molecule has 1 N–H and O–H groups in total. The number of amidine groups is 1. The largest absolute Gasteiger partial charge is 0.303 e. The van der Waals surface area contributed by atoms with Gasteiger partial charge in [0.05, 0.1) is 11.5 Å². The van der Waals surface area contributed by atoms with Crippen LogP contribution in [0.4, 0.5) is 0 Å². The van der Waals surface area contributed by atoms with E-state index in [4.69, 9.17) is 11.6 Å². The van der Waals surface area contributed by atoms with Gasteiger partial charge in [-0.15, -0.1) is 16.4 Å². The van der Waals surface area contributed by atoms with Crippen molar-refractivity contribution in [3.8, 4) is 0 Å². The molecule has 1 aromatic carbocycles. The summed E-state index contributed by atoms with van der Waals surface area (Å²) in [6, 6.07) is 11.4. The molecule has 1 fully saturated rings. The van der Waals surface area contributed by atoms with E-state index >= 15 is 0 Å². The fourth-order valence-corrected chi connectivity index (χ4v) is 3.59. The lowest BCUT2D eigenvalue weighted by Crippen LogP contribution is -2.25. The number of carbonyl (C=O) groups is 1. The van der Waals surface area contributed by atoms with E-state index in [9.17, 15) is 4.79 Å². The van der Waals surface area contributed by atoms with Gasteiger partial charge < -0.3 is 5.32 Å². The maximum absolute atomic E-state index is 12.0. The summed E-state index contributed by atoms with van der Waals surface area (Å²) in [5.74, 6) is -0.0370. The van der Waals surface area contributed by atoms with Crippen LogP contribution in [0, 0.1) is 0 Å². The van der Waals surface area contributed by atoms with Gasteiger partial charge in [-0.25, -0.2) is 0 Å². The van der Waals surface area contributed by atoms with Gasteiger partial charge in [-0.2, -0.15) is 5.10 Å². The summed E-state index contributed by atoms with van der Waals surface area (Å²) in [5, 5.41) is 13.8. The number of amides is 1. The van der Waals surface area contributed by atoms with E-state index in [1.807, 2.05) is 41.8 Å². The van der Waals surface area contributed by atoms with Crippen LogP contribution in [0.15, 0.2) is 52.0 Å². The van der Waals surface area contributed by atoms with E-state index in [0.29, 0.717) is 16.6 Å². The summed E-state index contributed by atoms with van der Waals surface area (Å²) in [6.07, 6.45) is 2.32. The van der Waals surface area contributed by atoms with Gasteiger partial charge in [-0.3, -0.25) is 4.79 Å². The molecule has 1 atom stereocenters. The maximum atomic E-state index is 12.0. The van der Waals surface area contributed by atoms with Crippen molar-refractivity contribution in [1.29, 1.82) is 0 Å². The van der Waals surface area contributed by atoms with Crippen molar-refractivity contribution in [3.63, 3.8) is 0 Å². The Morgan fingerprint density at radius 1 is 1.27 bits per heavy atom. The Hall–Kier alpha value is -1.63. The summed E-state index contributed by atoms with van der Waals surface area (Å²) in [5.41, 5.74) is 1.07. The topological polar surface area (TPSA) is 53.8 Å². The van der Waals surface area contributed by atoms with Crippen LogP contribution in [0.5, 0.6) is 0 Å². The number of nitrogens with one attached hydrogen (secondary N) is 1. The molecule has 112 valence electrons. The van der Waals surface area contributed by atoms with Crippen LogP contribution in [0.2, 0.25) is 5.02 Å². The first-order valence-corrected chi connectivity index (χ1v) is 8.71. The van der Waals surface area contributed by atoms with Crippen molar-refractivity contribution in [2.24, 2.45) is 10.2 Å². The van der Waals surface area contributed by atoms with E-state index in [1.165, 1.54) is 11.8 Å². The zero-order valence-electron chi connectivity index (χ0n) is 11.4. The molecule has 1 amide bonds. The molecule has 1 aliphatic heterocycles. The van der Waals surface area contributed by atoms with Gasteiger partial charge >= 0.3 is 0 Å². The Morgan fingerprint density at radius 3 is 2.82 bits per heavy atom. The van der Waals surface area contributed by atoms with Gasteiger partial charge in [0.1, 0.15) is 0 Å². The van der Waals surface area contributed by atoms with Crippen LogP contribution in [0.3, 0.4) is 0 Å². The zero-order valence-corrected chi connectivity index (χ0v) is 13.8. The Bertz CT molecular complexity index is 711. The van der Waals surface area contributed by atoms with E-state index < -0.39 is 0 Å². The number of benzene rings is 1. The normalized spacial score (nSPS) is 20.0. The molecular formula is C15H12ClN3OS2. The lowest BCUT2D eigenvalue weighted by atomic mass is 10.1. The molecule has 2 heterocycles. The summed E-state index contributed by atoms with van der Waals surface area (Å²) >= 11 is 8.85. The van der Waals surface area contributed by atoms with Crippen molar-refractivity contribution >= 4 is 52.0 Å². The molecule has 0 radical (unpaired) electrons. The second kappa shape index (κ2) is 7.09. The van der Waals surface area contributed by atoms with Gasteiger partial charge in [0.25, 0.3) is 0 Å². The van der Waals surface area contributed by atoms with Gasteiger partial charge in [0.15, 0.2) is 5.17 Å². The van der Waals surface area contributed by atoms with Gasteiger partial charge in [0, 0.05) is 9.90 Å². The molecular weight excluding hydrogens is 338 g/mol. The third-order valence-corrected chi connectivity index (χ3v) is 5.12. The van der Waals surface area contributed by atoms with Gasteiger partial charge in [-0.05, 0) is 35.6 Å². The Labute approximate surface area is 141 Å². The number of hydrogen-bond donors (Lipinski definition) is 1. The number of carbonyl (C=O) groups excluding carboxylic acids is 1. The molecule has 0 saturated carbocycles. The van der Waals surface area contributed by atoms with Crippen molar-refractivity contribution < 1.29 is 4.79 Å². The quantitative estimate of drug-likeness (QED) is 0.677. The first kappa shape index (κ1) is 15.3. The smallest absolute Gasteiger partial charge is 0.239 e. The molecule has 1 aromatic heterocycles. The third-order valence-electron chi connectivity index (χ3n) is 2.99. The Morgan fingerprint density at radius 2 is 2.09 bits per heavy atom. The molecule has 0 spiro atoms. The first-order chi connectivity index (χ1) is 10.7. The highest BCUT2D eigenvalue weighted by Crippen LogP contribution is 2.24. The van der Waals surface area contributed by atoms with E-state index in [0.717, 1.165) is 10.4 Å². The highest BCUT2D eigenvalue weighted by atomic mass is 35.5. The number of thiophene rings is 1. The molecule has 0 bridgehead atoms. The van der Waals surface area contributed by atoms with Gasteiger partial charge in [-0.1, -0.05) is 41.6 Å². The van der Waals surface area contributed by atoms with Crippen LogP contribution in [0.1, 0.15) is 10.4 Å². The standard InChI is InChI=1S/C15H12ClN3OS2/c16-11-5-3-10(4-6-11)8-13-14(20)18-15(22-13)19-17-9-12-2-1-7-21-12/h1-7,9,13H,8H2,(H,18,19,20)/b17-9-/t13-/m1/s1. The van der Waals surface area contributed by atoms with Crippen LogP contribution in [0.25, 0.3) is 0 Å². The summed E-state index contributed by atoms with van der Waals surface area (Å²) < 4.78 is 0. The lowest BCUT2D eigenvalue weighted by Gasteiger charge is -2.05. The molecule has 3 rings (SSSR count). The van der Waals surface area contributed by atoms with Crippen LogP contribution in [-0.2, 0) is 11.2 Å². The van der Waals surface area contributed by atoms with Crippen molar-refractivity contribution in [2.75, 3.05) is 0 Å². The van der Waals surface area contributed by atoms with Crippen molar-refractivity contribution in [3.05, 3.63) is 57.2 Å². The first-order valence-electron chi connectivity index (χ1n) is 6.57. The molecule has 0 unspecified atom stereocenters. The number of thioether (sulfide) groups is 1. The highest BCUT2D eigenvalue weighted by molar-refractivity contribution is 8.15.